The van der Waals surface area contributed by atoms with Crippen molar-refractivity contribution in [3.8, 4) is 0 Å². The Morgan fingerprint density at radius 2 is 2.44 bits per heavy atom. The van der Waals surface area contributed by atoms with Crippen LogP contribution in [-0.4, -0.2) is 17.0 Å². The van der Waals surface area contributed by atoms with Crippen molar-refractivity contribution < 1.29 is 9.90 Å². The first kappa shape index (κ1) is 6.49. The molecule has 0 aromatic carbocycles. The summed E-state index contributed by atoms with van der Waals surface area (Å²) >= 11 is 0. The van der Waals surface area contributed by atoms with Crippen LogP contribution in [0.25, 0.3) is 0 Å². The van der Waals surface area contributed by atoms with Gasteiger partial charge >= 0.3 is 0 Å². The van der Waals surface area contributed by atoms with Gasteiger partial charge in [0.25, 0.3) is 0 Å². The normalized spacial score (nSPS) is 28.0. The number of carbonyl (C=O) groups excluding carboxylic acids is 1. The summed E-state index contributed by atoms with van der Waals surface area (Å²) in [6, 6.07) is 0. The van der Waals surface area contributed by atoms with Crippen molar-refractivity contribution in [2.75, 3.05) is 0 Å². The number of ketones is 1. The van der Waals surface area contributed by atoms with Gasteiger partial charge in [-0.3, -0.25) is 4.79 Å². The SMILES string of the molecule is CC1=CCCC(O)C1=O. The van der Waals surface area contributed by atoms with Gasteiger partial charge in [-0.1, -0.05) is 6.08 Å². The van der Waals surface area contributed by atoms with E-state index < -0.39 is 6.10 Å². The molecule has 1 unspecified atom stereocenters. The van der Waals surface area contributed by atoms with Crippen LogP contribution in [0, 0.1) is 0 Å². The van der Waals surface area contributed by atoms with E-state index >= 15 is 0 Å². The Hall–Kier alpha value is -0.630. The molecule has 1 rings (SSSR count). The van der Waals surface area contributed by atoms with E-state index in [1.807, 2.05) is 6.08 Å². The molecular weight excluding hydrogens is 116 g/mol. The molecule has 1 N–H and O–H groups in total. The third-order valence-corrected chi connectivity index (χ3v) is 1.58. The van der Waals surface area contributed by atoms with Crippen LogP contribution in [0.5, 0.6) is 0 Å². The molecule has 0 amide bonds. The first-order valence-electron chi connectivity index (χ1n) is 3.11. The van der Waals surface area contributed by atoms with Gasteiger partial charge in [0.15, 0.2) is 5.78 Å². The molecule has 0 bridgehead atoms. The molecule has 0 aromatic heterocycles. The molecule has 0 saturated carbocycles. The van der Waals surface area contributed by atoms with Gasteiger partial charge in [-0.25, -0.2) is 0 Å². The maximum Gasteiger partial charge on any atom is 0.186 e. The van der Waals surface area contributed by atoms with Crippen molar-refractivity contribution >= 4 is 5.78 Å². The standard InChI is InChI=1S/C7H10O2/c1-5-3-2-4-6(8)7(5)9/h3,6,8H,2,4H2,1H3. The van der Waals surface area contributed by atoms with E-state index in [9.17, 15) is 4.79 Å². The van der Waals surface area contributed by atoms with Crippen LogP contribution in [-0.2, 0) is 4.79 Å². The molecular formula is C7H10O2. The lowest BCUT2D eigenvalue weighted by Crippen LogP contribution is -2.23. The van der Waals surface area contributed by atoms with Crippen LogP contribution in [0.1, 0.15) is 19.8 Å². The van der Waals surface area contributed by atoms with Crippen LogP contribution in [0.15, 0.2) is 11.6 Å². The Bertz CT molecular complexity index is 158. The fraction of sp³-hybridized carbons (Fsp3) is 0.571. The number of aliphatic hydroxyl groups excluding tert-OH is 1. The smallest absolute Gasteiger partial charge is 0.186 e. The van der Waals surface area contributed by atoms with E-state index in [4.69, 9.17) is 5.11 Å². The zero-order chi connectivity index (χ0) is 6.85. The van der Waals surface area contributed by atoms with E-state index in [1.165, 1.54) is 0 Å². The molecule has 50 valence electrons. The summed E-state index contributed by atoms with van der Waals surface area (Å²) in [6.45, 7) is 1.74. The van der Waals surface area contributed by atoms with Gasteiger partial charge < -0.3 is 5.11 Å². The summed E-state index contributed by atoms with van der Waals surface area (Å²) in [7, 11) is 0. The zero-order valence-electron chi connectivity index (χ0n) is 5.42. The molecule has 0 aromatic rings. The molecule has 0 spiro atoms. The van der Waals surface area contributed by atoms with Gasteiger partial charge in [0.2, 0.25) is 0 Å². The molecule has 0 radical (unpaired) electrons. The molecule has 0 fully saturated rings. The predicted octanol–water partition coefficient (Wildman–Crippen LogP) is 0.657. The Morgan fingerprint density at radius 1 is 1.78 bits per heavy atom. The monoisotopic (exact) mass is 126 g/mol. The number of hydrogen-bond donors (Lipinski definition) is 1. The fourth-order valence-electron chi connectivity index (χ4n) is 0.952. The maximum atomic E-state index is 10.8. The lowest BCUT2D eigenvalue weighted by atomic mass is 9.97. The maximum absolute atomic E-state index is 10.8. The number of aliphatic hydroxyl groups is 1. The number of carbonyl (C=O) groups is 1. The minimum atomic E-state index is -0.727. The lowest BCUT2D eigenvalue weighted by molar-refractivity contribution is -0.124. The topological polar surface area (TPSA) is 37.3 Å². The molecule has 0 saturated heterocycles. The summed E-state index contributed by atoms with van der Waals surface area (Å²) < 4.78 is 0. The van der Waals surface area contributed by atoms with Crippen molar-refractivity contribution in [1.82, 2.24) is 0 Å². The Morgan fingerprint density at radius 3 is 2.89 bits per heavy atom. The van der Waals surface area contributed by atoms with Crippen molar-refractivity contribution in [1.29, 1.82) is 0 Å². The molecule has 1 aliphatic rings. The molecule has 1 aliphatic carbocycles. The Balaban J connectivity index is 2.74. The van der Waals surface area contributed by atoms with E-state index in [0.29, 0.717) is 12.0 Å². The second-order valence-corrected chi connectivity index (χ2v) is 2.34. The first-order chi connectivity index (χ1) is 4.22. The third-order valence-electron chi connectivity index (χ3n) is 1.58. The minimum Gasteiger partial charge on any atom is -0.385 e. The number of allylic oxidation sites excluding steroid dienone is 1. The summed E-state index contributed by atoms with van der Waals surface area (Å²) in [4.78, 5) is 10.8. The van der Waals surface area contributed by atoms with Gasteiger partial charge in [0.05, 0.1) is 0 Å². The van der Waals surface area contributed by atoms with Crippen LogP contribution >= 0.6 is 0 Å². The van der Waals surface area contributed by atoms with Crippen LogP contribution in [0.3, 0.4) is 0 Å². The molecule has 9 heavy (non-hydrogen) atoms. The highest BCUT2D eigenvalue weighted by molar-refractivity contribution is 5.98. The Kier molecular flexibility index (Phi) is 1.67. The van der Waals surface area contributed by atoms with Gasteiger partial charge in [-0.2, -0.15) is 0 Å². The average Bonchev–Trinajstić information content (AvgIpc) is 1.83. The highest BCUT2D eigenvalue weighted by atomic mass is 16.3. The summed E-state index contributed by atoms with van der Waals surface area (Å²) in [5, 5.41) is 8.96. The summed E-state index contributed by atoms with van der Waals surface area (Å²) in [5.41, 5.74) is 0.703. The molecule has 0 heterocycles. The minimum absolute atomic E-state index is 0.110. The summed E-state index contributed by atoms with van der Waals surface area (Å²) in [5.74, 6) is -0.110. The van der Waals surface area contributed by atoms with Gasteiger partial charge in [-0.15, -0.1) is 0 Å². The van der Waals surface area contributed by atoms with Crippen molar-refractivity contribution in [3.63, 3.8) is 0 Å². The van der Waals surface area contributed by atoms with Crippen LogP contribution in [0.4, 0.5) is 0 Å². The Labute approximate surface area is 54.2 Å². The average molecular weight is 126 g/mol. The van der Waals surface area contributed by atoms with E-state index in [0.717, 1.165) is 6.42 Å². The molecule has 0 aliphatic heterocycles. The predicted molar refractivity (Wildman–Crippen MR) is 34.0 cm³/mol. The fourth-order valence-corrected chi connectivity index (χ4v) is 0.952. The molecule has 2 nitrogen and oxygen atoms in total. The number of Topliss-reactive ketones (excluding diaryl/α,β-unsaturated/α-hetero) is 1. The van der Waals surface area contributed by atoms with E-state index in [1.54, 1.807) is 6.92 Å². The highest BCUT2D eigenvalue weighted by Crippen LogP contribution is 2.13. The van der Waals surface area contributed by atoms with Gasteiger partial charge in [-0.05, 0) is 25.3 Å². The number of rotatable bonds is 0. The van der Waals surface area contributed by atoms with Crippen molar-refractivity contribution in [3.05, 3.63) is 11.6 Å². The summed E-state index contributed by atoms with van der Waals surface area (Å²) in [6.07, 6.45) is 2.57. The van der Waals surface area contributed by atoms with Gasteiger partial charge in [0, 0.05) is 0 Å². The van der Waals surface area contributed by atoms with Crippen LogP contribution < -0.4 is 0 Å². The van der Waals surface area contributed by atoms with Crippen molar-refractivity contribution in [2.24, 2.45) is 0 Å². The first-order valence-corrected chi connectivity index (χ1v) is 3.11. The second kappa shape index (κ2) is 2.31. The lowest BCUT2D eigenvalue weighted by Gasteiger charge is -2.12. The molecule has 2 heteroatoms. The third kappa shape index (κ3) is 1.19. The quantitative estimate of drug-likeness (QED) is 0.517. The van der Waals surface area contributed by atoms with Gasteiger partial charge in [0.1, 0.15) is 6.10 Å². The van der Waals surface area contributed by atoms with E-state index in [2.05, 4.69) is 0 Å². The zero-order valence-corrected chi connectivity index (χ0v) is 5.42. The van der Waals surface area contributed by atoms with Crippen molar-refractivity contribution in [2.45, 2.75) is 25.9 Å². The van der Waals surface area contributed by atoms with Crippen LogP contribution in [0.2, 0.25) is 0 Å². The van der Waals surface area contributed by atoms with E-state index in [-0.39, 0.29) is 5.78 Å². The molecule has 1 atom stereocenters. The second-order valence-electron chi connectivity index (χ2n) is 2.34. The highest BCUT2D eigenvalue weighted by Gasteiger charge is 2.18. The largest absolute Gasteiger partial charge is 0.385 e. The number of hydrogen-bond acceptors (Lipinski definition) is 2.